The van der Waals surface area contributed by atoms with Gasteiger partial charge in [-0.25, -0.2) is 4.98 Å². The first kappa shape index (κ1) is 24.7. The Morgan fingerprint density at radius 2 is 2.05 bits per heavy atom. The molecule has 37 heavy (non-hydrogen) atoms. The number of hydrogen-bond donors (Lipinski definition) is 3. The van der Waals surface area contributed by atoms with Gasteiger partial charge in [-0.3, -0.25) is 14.7 Å². The van der Waals surface area contributed by atoms with E-state index in [4.69, 9.17) is 4.74 Å². The van der Waals surface area contributed by atoms with Gasteiger partial charge in [0.15, 0.2) is 0 Å². The summed E-state index contributed by atoms with van der Waals surface area (Å²) in [4.78, 5) is 33.1. The number of aromatic amines is 2. The maximum Gasteiger partial charge on any atom is 0.253 e. The number of thiazole rings is 1. The molecule has 0 saturated heterocycles. The maximum atomic E-state index is 13.5. The maximum absolute atomic E-state index is 13.5. The number of fused-ring (bicyclic) bond motifs is 1. The van der Waals surface area contributed by atoms with E-state index in [-0.39, 0.29) is 24.1 Å². The smallest absolute Gasteiger partial charge is 0.253 e. The first-order chi connectivity index (χ1) is 17.8. The third-order valence-corrected chi connectivity index (χ3v) is 7.29. The van der Waals surface area contributed by atoms with Gasteiger partial charge in [-0.1, -0.05) is 0 Å². The monoisotopic (exact) mass is 516 g/mol. The zero-order valence-corrected chi connectivity index (χ0v) is 21.9. The molecular formula is C27H28N6O3S. The van der Waals surface area contributed by atoms with Crippen LogP contribution in [0.4, 0.5) is 0 Å². The summed E-state index contributed by atoms with van der Waals surface area (Å²) < 4.78 is 8.26. The molecule has 1 atom stereocenters. The number of carbonyl (C=O) groups is 1. The molecule has 0 spiro atoms. The molecule has 0 aliphatic heterocycles. The zero-order chi connectivity index (χ0) is 26.1. The van der Waals surface area contributed by atoms with E-state index in [1.165, 1.54) is 11.3 Å². The van der Waals surface area contributed by atoms with Crippen LogP contribution in [0.15, 0.2) is 53.0 Å². The molecule has 0 saturated carbocycles. The Morgan fingerprint density at radius 1 is 1.22 bits per heavy atom. The molecule has 0 radical (unpaired) electrons. The van der Waals surface area contributed by atoms with Crippen LogP contribution < -0.4 is 10.9 Å². The first-order valence-electron chi connectivity index (χ1n) is 12.0. The fourth-order valence-corrected chi connectivity index (χ4v) is 5.24. The normalized spacial score (nSPS) is 12.2. The predicted octanol–water partition coefficient (Wildman–Crippen LogP) is 4.61. The Bertz CT molecular complexity index is 1620. The summed E-state index contributed by atoms with van der Waals surface area (Å²) in [7, 11) is 0. The van der Waals surface area contributed by atoms with Gasteiger partial charge in [0.2, 0.25) is 0 Å². The molecule has 0 aliphatic rings. The van der Waals surface area contributed by atoms with Crippen molar-refractivity contribution in [3.05, 3.63) is 97.2 Å². The van der Waals surface area contributed by atoms with Gasteiger partial charge in [-0.05, 0) is 63.1 Å². The Morgan fingerprint density at radius 3 is 2.76 bits per heavy atom. The third-order valence-electron chi connectivity index (χ3n) is 6.53. The average molecular weight is 517 g/mol. The van der Waals surface area contributed by atoms with Crippen molar-refractivity contribution >= 4 is 22.8 Å². The first-order valence-corrected chi connectivity index (χ1v) is 12.8. The number of aromatic nitrogens is 5. The predicted molar refractivity (Wildman–Crippen MR) is 143 cm³/mol. The number of aryl methyl sites for hydroxylation is 2. The summed E-state index contributed by atoms with van der Waals surface area (Å²) in [6.45, 7) is 8.11. The minimum atomic E-state index is -0.316. The molecule has 9 nitrogen and oxygen atoms in total. The molecule has 1 unspecified atom stereocenters. The molecule has 5 aromatic rings. The Kier molecular flexibility index (Phi) is 6.77. The van der Waals surface area contributed by atoms with E-state index in [0.29, 0.717) is 17.7 Å². The average Bonchev–Trinajstić information content (AvgIpc) is 3.63. The van der Waals surface area contributed by atoms with Crippen molar-refractivity contribution in [2.45, 2.75) is 47.0 Å². The molecule has 10 heteroatoms. The van der Waals surface area contributed by atoms with E-state index in [9.17, 15) is 9.59 Å². The Hall–Kier alpha value is -4.02. The van der Waals surface area contributed by atoms with Crippen molar-refractivity contribution in [2.24, 2.45) is 0 Å². The van der Waals surface area contributed by atoms with Crippen LogP contribution in [0.3, 0.4) is 0 Å². The second-order valence-electron chi connectivity index (χ2n) is 9.03. The summed E-state index contributed by atoms with van der Waals surface area (Å²) in [5.74, 6) is -0.260. The van der Waals surface area contributed by atoms with Crippen LogP contribution in [0.5, 0.6) is 0 Å². The summed E-state index contributed by atoms with van der Waals surface area (Å²) in [6.07, 6.45) is 5.12. The van der Waals surface area contributed by atoms with Crippen molar-refractivity contribution in [2.75, 3.05) is 0 Å². The number of amides is 1. The summed E-state index contributed by atoms with van der Waals surface area (Å²) in [6, 6.07) is 7.67. The highest BCUT2D eigenvalue weighted by atomic mass is 32.1. The summed E-state index contributed by atoms with van der Waals surface area (Å²) in [5, 5.41) is 12.9. The van der Waals surface area contributed by atoms with Crippen molar-refractivity contribution in [3.8, 4) is 11.3 Å². The van der Waals surface area contributed by atoms with E-state index in [1.54, 1.807) is 12.4 Å². The van der Waals surface area contributed by atoms with E-state index in [1.807, 2.05) is 63.5 Å². The zero-order valence-electron chi connectivity index (χ0n) is 21.1. The lowest BCUT2D eigenvalue weighted by Crippen LogP contribution is -2.29. The minimum absolute atomic E-state index is 0.130. The lowest BCUT2D eigenvalue weighted by molar-refractivity contribution is 0.0484. The molecule has 190 valence electrons. The van der Waals surface area contributed by atoms with E-state index < -0.39 is 0 Å². The number of ether oxygens (including phenoxy) is 1. The van der Waals surface area contributed by atoms with Crippen LogP contribution in [-0.2, 0) is 17.9 Å². The lowest BCUT2D eigenvalue weighted by Gasteiger charge is -2.21. The number of nitrogens with zero attached hydrogens (tertiary/aromatic N) is 3. The van der Waals surface area contributed by atoms with Gasteiger partial charge >= 0.3 is 0 Å². The van der Waals surface area contributed by atoms with Crippen LogP contribution in [0, 0.1) is 20.8 Å². The van der Waals surface area contributed by atoms with Crippen molar-refractivity contribution in [1.82, 2.24) is 29.9 Å². The van der Waals surface area contributed by atoms with E-state index in [0.717, 1.165) is 44.3 Å². The van der Waals surface area contributed by atoms with Gasteiger partial charge in [-0.2, -0.15) is 5.10 Å². The molecule has 5 aromatic heterocycles. The summed E-state index contributed by atoms with van der Waals surface area (Å²) in [5.41, 5.74) is 6.79. The van der Waals surface area contributed by atoms with Crippen molar-refractivity contribution < 1.29 is 9.53 Å². The molecule has 0 fully saturated rings. The SMILES string of the molecule is Cc1cc(C)c(CNC(=O)c2cc3c(-c4ccn[nH]4)ccn3c(C(C)OCc3nccs3)c2C)c(=O)[nH]1. The molecule has 0 aromatic carbocycles. The Balaban J connectivity index is 1.53. The van der Waals surface area contributed by atoms with Crippen LogP contribution in [0.25, 0.3) is 16.8 Å². The van der Waals surface area contributed by atoms with Gasteiger partial charge in [0.1, 0.15) is 5.01 Å². The molecule has 1 amide bonds. The second-order valence-corrected chi connectivity index (χ2v) is 10.0. The van der Waals surface area contributed by atoms with E-state index >= 15 is 0 Å². The number of rotatable bonds is 8. The fraction of sp³-hybridized carbons (Fsp3) is 0.259. The van der Waals surface area contributed by atoms with Crippen LogP contribution in [0.2, 0.25) is 0 Å². The van der Waals surface area contributed by atoms with Gasteiger partial charge in [0.25, 0.3) is 11.5 Å². The highest BCUT2D eigenvalue weighted by molar-refractivity contribution is 7.09. The molecule has 5 heterocycles. The fourth-order valence-electron chi connectivity index (χ4n) is 4.70. The number of nitrogens with one attached hydrogen (secondary N) is 3. The van der Waals surface area contributed by atoms with Crippen LogP contribution >= 0.6 is 11.3 Å². The van der Waals surface area contributed by atoms with Gasteiger partial charge in [-0.15, -0.1) is 11.3 Å². The van der Waals surface area contributed by atoms with Crippen molar-refractivity contribution in [1.29, 1.82) is 0 Å². The van der Waals surface area contributed by atoms with E-state index in [2.05, 4.69) is 29.9 Å². The number of H-pyrrole nitrogens is 2. The molecule has 3 N–H and O–H groups in total. The third kappa shape index (κ3) is 4.85. The largest absolute Gasteiger partial charge is 0.365 e. The molecule has 5 rings (SSSR count). The molecular weight excluding hydrogens is 488 g/mol. The molecule has 0 aliphatic carbocycles. The molecule has 0 bridgehead atoms. The van der Waals surface area contributed by atoms with Crippen LogP contribution in [-0.4, -0.2) is 30.5 Å². The van der Waals surface area contributed by atoms with Crippen molar-refractivity contribution in [3.63, 3.8) is 0 Å². The van der Waals surface area contributed by atoms with Gasteiger partial charge in [0, 0.05) is 52.9 Å². The standard InChI is InChI=1S/C27H28N6O3S/c1-15-11-16(2)31-27(35)21(15)13-29-26(34)20-12-23-19(22-5-7-30-32-22)6-9-33(23)25(17(20)3)18(4)36-14-24-28-8-10-37-24/h5-12,18H,13-14H2,1-4H3,(H,29,34)(H,30,32)(H,31,35). The van der Waals surface area contributed by atoms with Gasteiger partial charge in [0.05, 0.1) is 29.6 Å². The van der Waals surface area contributed by atoms with Gasteiger partial charge < -0.3 is 19.4 Å². The van der Waals surface area contributed by atoms with Crippen LogP contribution in [0.1, 0.15) is 56.5 Å². The minimum Gasteiger partial charge on any atom is -0.365 e. The number of hydrogen-bond acceptors (Lipinski definition) is 6. The topological polar surface area (TPSA) is 117 Å². The summed E-state index contributed by atoms with van der Waals surface area (Å²) >= 11 is 1.54. The quantitative estimate of drug-likeness (QED) is 0.279. The number of carbonyl (C=O) groups excluding carboxylic acids is 1. The highest BCUT2D eigenvalue weighted by Crippen LogP contribution is 2.32. The lowest BCUT2D eigenvalue weighted by atomic mass is 10.0. The Labute approximate surface area is 217 Å². The highest BCUT2D eigenvalue weighted by Gasteiger charge is 2.23. The number of pyridine rings is 2. The second kappa shape index (κ2) is 10.2.